The van der Waals surface area contributed by atoms with Crippen LogP contribution in [0.3, 0.4) is 0 Å². The SMILES string of the molecule is C1=CC2=C(c3ccccc3C23CCCCC3)C(N(c2cccc(-c3ccc4ccc5ccccc5c4c3)c2)c2ccc3c(c2)C(c2ccccc2)(c2ccccc2)c2ccccc2-3)C1. The van der Waals surface area contributed by atoms with Gasteiger partial charge in [-0.25, -0.2) is 0 Å². The molecule has 1 saturated carbocycles. The van der Waals surface area contributed by atoms with Crippen molar-refractivity contribution in [3.8, 4) is 22.3 Å². The Kier molecular flexibility index (Phi) is 8.57. The molecular formula is C63H49N. The molecule has 1 heteroatoms. The van der Waals surface area contributed by atoms with E-state index in [0.29, 0.717) is 0 Å². The van der Waals surface area contributed by atoms with Crippen LogP contribution in [0.4, 0.5) is 11.4 Å². The zero-order valence-corrected chi connectivity index (χ0v) is 36.1. The first-order valence-electron chi connectivity index (χ1n) is 23.4. The molecule has 0 bridgehead atoms. The lowest BCUT2D eigenvalue weighted by Crippen LogP contribution is -2.35. The van der Waals surface area contributed by atoms with Crippen molar-refractivity contribution in [1.29, 1.82) is 0 Å². The first-order chi connectivity index (χ1) is 31.7. The van der Waals surface area contributed by atoms with Gasteiger partial charge in [0.15, 0.2) is 0 Å². The molecule has 0 amide bonds. The van der Waals surface area contributed by atoms with Gasteiger partial charge in [0.2, 0.25) is 0 Å². The van der Waals surface area contributed by atoms with Gasteiger partial charge in [0.05, 0.1) is 11.5 Å². The van der Waals surface area contributed by atoms with E-state index in [4.69, 9.17) is 0 Å². The van der Waals surface area contributed by atoms with Crippen LogP contribution in [0, 0.1) is 0 Å². The summed E-state index contributed by atoms with van der Waals surface area (Å²) in [4.78, 5) is 2.72. The Labute approximate surface area is 376 Å². The minimum atomic E-state index is -0.491. The van der Waals surface area contributed by atoms with Crippen LogP contribution in [-0.2, 0) is 10.8 Å². The summed E-state index contributed by atoms with van der Waals surface area (Å²) in [5.41, 5.74) is 18.4. The molecule has 13 rings (SSSR count). The van der Waals surface area contributed by atoms with E-state index in [2.05, 4.69) is 223 Å². The highest BCUT2D eigenvalue weighted by Crippen LogP contribution is 2.60. The minimum Gasteiger partial charge on any atom is -0.334 e. The summed E-state index contributed by atoms with van der Waals surface area (Å²) in [6.45, 7) is 0. The average molecular weight is 820 g/mol. The van der Waals surface area contributed by atoms with Gasteiger partial charge in [0.1, 0.15) is 0 Å². The third-order valence-corrected chi connectivity index (χ3v) is 15.5. The summed E-state index contributed by atoms with van der Waals surface area (Å²) in [7, 11) is 0. The number of fused-ring (bicyclic) bond motifs is 10. The molecule has 1 fully saturated rings. The Balaban J connectivity index is 1.06. The summed E-state index contributed by atoms with van der Waals surface area (Å²) in [5.74, 6) is 0. The van der Waals surface area contributed by atoms with Crippen LogP contribution in [0.15, 0.2) is 224 Å². The van der Waals surface area contributed by atoms with Gasteiger partial charge in [0, 0.05) is 16.8 Å². The van der Waals surface area contributed by atoms with E-state index >= 15 is 0 Å². The van der Waals surface area contributed by atoms with E-state index in [-0.39, 0.29) is 11.5 Å². The lowest BCUT2D eigenvalue weighted by molar-refractivity contribution is 0.349. The lowest BCUT2D eigenvalue weighted by atomic mass is 9.66. The number of nitrogens with zero attached hydrogens (tertiary/aromatic N) is 1. The highest BCUT2D eigenvalue weighted by Gasteiger charge is 2.49. The molecule has 4 aliphatic carbocycles. The number of allylic oxidation sites excluding steroid dienone is 2. The molecule has 1 spiro atoms. The van der Waals surface area contributed by atoms with Crippen LogP contribution in [0.2, 0.25) is 0 Å². The summed E-state index contributed by atoms with van der Waals surface area (Å²) >= 11 is 0. The maximum Gasteiger partial charge on any atom is 0.0714 e. The van der Waals surface area contributed by atoms with Crippen molar-refractivity contribution < 1.29 is 0 Å². The van der Waals surface area contributed by atoms with E-state index in [1.807, 2.05) is 0 Å². The van der Waals surface area contributed by atoms with Crippen molar-refractivity contribution in [2.45, 2.75) is 55.4 Å². The smallest absolute Gasteiger partial charge is 0.0714 e. The molecule has 4 aliphatic rings. The van der Waals surface area contributed by atoms with Crippen molar-refractivity contribution in [2.75, 3.05) is 4.90 Å². The standard InChI is InChI=1S/C63H49N/c1-4-20-47(21-5-1)63(48-22-6-2-7-23-48)57-29-13-10-26-52(57)53-37-36-50(42-59(53)63)64(60-31-17-30-58-61(60)54-27-11-12-28-56(54)62(58)38-14-3-15-39-62)49-24-16-19-45(40-49)46-35-34-44-33-32-43-18-8-9-25-51(43)55(44)41-46/h1-2,4-13,16-30,32-37,40-42,60H,3,14-15,31,38-39H2. The second-order valence-electron chi connectivity index (χ2n) is 18.6. The predicted molar refractivity (Wildman–Crippen MR) is 268 cm³/mol. The van der Waals surface area contributed by atoms with Crippen LogP contribution < -0.4 is 4.90 Å². The monoisotopic (exact) mass is 819 g/mol. The van der Waals surface area contributed by atoms with E-state index in [0.717, 1.165) is 6.42 Å². The van der Waals surface area contributed by atoms with E-state index in [1.54, 1.807) is 11.1 Å². The molecule has 0 aliphatic heterocycles. The Morgan fingerprint density at radius 2 is 1.05 bits per heavy atom. The van der Waals surface area contributed by atoms with Crippen molar-refractivity contribution in [3.63, 3.8) is 0 Å². The topological polar surface area (TPSA) is 3.24 Å². The fraction of sp³-hybridized carbons (Fsp3) is 0.143. The summed E-state index contributed by atoms with van der Waals surface area (Å²) in [5, 5.41) is 5.13. The van der Waals surface area contributed by atoms with Gasteiger partial charge in [-0.2, -0.15) is 0 Å². The number of anilines is 2. The van der Waals surface area contributed by atoms with Crippen molar-refractivity contribution in [1.82, 2.24) is 0 Å². The second-order valence-corrected chi connectivity index (χ2v) is 18.6. The first-order valence-corrected chi connectivity index (χ1v) is 23.4. The number of rotatable bonds is 6. The number of hydrogen-bond acceptors (Lipinski definition) is 1. The van der Waals surface area contributed by atoms with Gasteiger partial charge in [-0.1, -0.05) is 207 Å². The van der Waals surface area contributed by atoms with Crippen LogP contribution in [0.1, 0.15) is 71.9 Å². The summed E-state index contributed by atoms with van der Waals surface area (Å²) in [6, 6.07) is 78.3. The maximum atomic E-state index is 2.72. The maximum absolute atomic E-state index is 2.72. The van der Waals surface area contributed by atoms with E-state index in [1.165, 1.54) is 121 Å². The summed E-state index contributed by atoms with van der Waals surface area (Å²) < 4.78 is 0. The summed E-state index contributed by atoms with van der Waals surface area (Å²) in [6.07, 6.45) is 12.3. The van der Waals surface area contributed by atoms with Gasteiger partial charge in [-0.05, 0) is 138 Å². The van der Waals surface area contributed by atoms with Crippen LogP contribution in [0.5, 0.6) is 0 Å². The Morgan fingerprint density at radius 3 is 1.84 bits per heavy atom. The Morgan fingerprint density at radius 1 is 0.422 bits per heavy atom. The number of benzene rings is 9. The molecule has 1 nitrogen and oxygen atoms in total. The zero-order valence-electron chi connectivity index (χ0n) is 36.1. The lowest BCUT2D eigenvalue weighted by Gasteiger charge is -2.40. The van der Waals surface area contributed by atoms with Gasteiger partial charge in [-0.15, -0.1) is 0 Å². The van der Waals surface area contributed by atoms with E-state index in [9.17, 15) is 0 Å². The van der Waals surface area contributed by atoms with Gasteiger partial charge < -0.3 is 4.90 Å². The van der Waals surface area contributed by atoms with E-state index < -0.39 is 5.41 Å². The fourth-order valence-electron chi connectivity index (χ4n) is 12.8. The molecule has 0 N–H and O–H groups in total. The highest BCUT2D eigenvalue weighted by atomic mass is 15.2. The van der Waals surface area contributed by atoms with Crippen molar-refractivity contribution in [3.05, 3.63) is 257 Å². The largest absolute Gasteiger partial charge is 0.334 e. The zero-order chi connectivity index (χ0) is 42.2. The molecule has 0 saturated heterocycles. The molecule has 0 radical (unpaired) electrons. The molecule has 64 heavy (non-hydrogen) atoms. The highest BCUT2D eigenvalue weighted by molar-refractivity contribution is 6.08. The first kappa shape index (κ1) is 37.3. The fourth-order valence-corrected chi connectivity index (χ4v) is 12.8. The van der Waals surface area contributed by atoms with Crippen molar-refractivity contribution >= 4 is 38.5 Å². The Bertz CT molecular complexity index is 3310. The molecular weight excluding hydrogens is 771 g/mol. The molecule has 1 atom stereocenters. The third kappa shape index (κ3) is 5.43. The Hall–Kier alpha value is -7.22. The molecule has 0 heterocycles. The van der Waals surface area contributed by atoms with Crippen LogP contribution in [0.25, 0.3) is 49.4 Å². The van der Waals surface area contributed by atoms with Crippen molar-refractivity contribution in [2.24, 2.45) is 0 Å². The van der Waals surface area contributed by atoms with Crippen LogP contribution in [-0.4, -0.2) is 6.04 Å². The molecule has 1 unspecified atom stereocenters. The normalized spacial score (nSPS) is 17.6. The van der Waals surface area contributed by atoms with Crippen LogP contribution >= 0.6 is 0 Å². The quantitative estimate of drug-likeness (QED) is 0.151. The van der Waals surface area contributed by atoms with Gasteiger partial charge in [-0.3, -0.25) is 0 Å². The number of hydrogen-bond donors (Lipinski definition) is 0. The minimum absolute atomic E-state index is 0.0794. The average Bonchev–Trinajstić information content (AvgIpc) is 3.82. The van der Waals surface area contributed by atoms with Gasteiger partial charge in [0.25, 0.3) is 0 Å². The predicted octanol–water partition coefficient (Wildman–Crippen LogP) is 16.2. The molecule has 9 aromatic carbocycles. The molecule has 306 valence electrons. The second kappa shape index (κ2) is 14.7. The van der Waals surface area contributed by atoms with Gasteiger partial charge >= 0.3 is 0 Å². The molecule has 0 aromatic heterocycles. The third-order valence-electron chi connectivity index (χ3n) is 15.5. The molecule has 9 aromatic rings.